The highest BCUT2D eigenvalue weighted by atomic mass is 16.4. The maximum Gasteiger partial charge on any atom is 0.304 e. The van der Waals surface area contributed by atoms with Gasteiger partial charge in [0, 0.05) is 23.9 Å². The zero-order valence-corrected chi connectivity index (χ0v) is 8.97. The van der Waals surface area contributed by atoms with Gasteiger partial charge in [0.2, 0.25) is 0 Å². The minimum absolute atomic E-state index is 0.0441. The summed E-state index contributed by atoms with van der Waals surface area (Å²) in [4.78, 5) is 14.8. The number of nitrogens with two attached hydrogens (primary N) is 1. The molecule has 0 aliphatic heterocycles. The summed E-state index contributed by atoms with van der Waals surface area (Å²) in [6.07, 6.45) is 1.74. The summed E-state index contributed by atoms with van der Waals surface area (Å²) < 4.78 is 0. The molecule has 2 unspecified atom stereocenters. The van der Waals surface area contributed by atoms with Crippen LogP contribution >= 0.6 is 0 Å². The Labute approximate surface area is 89.1 Å². The van der Waals surface area contributed by atoms with E-state index in [4.69, 9.17) is 10.8 Å². The van der Waals surface area contributed by atoms with Gasteiger partial charge < -0.3 is 10.8 Å². The first-order chi connectivity index (χ1) is 7.00. The average Bonchev–Trinajstić information content (AvgIpc) is 2.15. The van der Waals surface area contributed by atoms with Crippen molar-refractivity contribution in [1.82, 2.24) is 4.98 Å². The molecule has 0 amide bonds. The number of aliphatic carboxylic acids is 1. The van der Waals surface area contributed by atoms with Crippen LogP contribution < -0.4 is 5.73 Å². The van der Waals surface area contributed by atoms with Crippen molar-refractivity contribution in [2.45, 2.75) is 32.2 Å². The maximum absolute atomic E-state index is 10.7. The molecule has 0 aromatic carbocycles. The molecule has 1 rings (SSSR count). The van der Waals surface area contributed by atoms with Crippen LogP contribution in [0.4, 0.5) is 0 Å². The summed E-state index contributed by atoms with van der Waals surface area (Å²) in [5, 5.41) is 8.77. The number of carboxylic acid groups (broad SMARTS) is 1. The predicted molar refractivity (Wildman–Crippen MR) is 57.6 cm³/mol. The van der Waals surface area contributed by atoms with E-state index >= 15 is 0 Å². The Balaban J connectivity index is 2.88. The van der Waals surface area contributed by atoms with E-state index in [1.165, 1.54) is 0 Å². The first-order valence-corrected chi connectivity index (χ1v) is 4.90. The lowest BCUT2D eigenvalue weighted by molar-refractivity contribution is -0.137. The van der Waals surface area contributed by atoms with Crippen LogP contribution in [0.5, 0.6) is 0 Å². The molecule has 82 valence electrons. The molecule has 1 aromatic rings. The van der Waals surface area contributed by atoms with Crippen LogP contribution in [-0.2, 0) is 4.79 Å². The van der Waals surface area contributed by atoms with Crippen LogP contribution in [0.25, 0.3) is 0 Å². The normalized spacial score (nSPS) is 14.6. The highest BCUT2D eigenvalue weighted by Crippen LogP contribution is 2.21. The fraction of sp³-hybridized carbons (Fsp3) is 0.455. The Hall–Kier alpha value is -1.42. The van der Waals surface area contributed by atoms with Crippen LogP contribution in [-0.4, -0.2) is 22.1 Å². The number of nitrogens with zero attached hydrogens (tertiary/aromatic N) is 1. The van der Waals surface area contributed by atoms with Crippen molar-refractivity contribution in [1.29, 1.82) is 0 Å². The molecule has 15 heavy (non-hydrogen) atoms. The molecule has 1 aromatic heterocycles. The van der Waals surface area contributed by atoms with Gasteiger partial charge in [0.15, 0.2) is 0 Å². The Morgan fingerprint density at radius 2 is 2.27 bits per heavy atom. The van der Waals surface area contributed by atoms with Gasteiger partial charge in [-0.05, 0) is 25.5 Å². The van der Waals surface area contributed by atoms with Crippen molar-refractivity contribution in [2.75, 3.05) is 0 Å². The molecule has 0 bridgehead atoms. The highest BCUT2D eigenvalue weighted by molar-refractivity contribution is 5.68. The molecule has 2 atom stereocenters. The second kappa shape index (κ2) is 4.89. The van der Waals surface area contributed by atoms with Crippen molar-refractivity contribution in [3.05, 3.63) is 29.6 Å². The van der Waals surface area contributed by atoms with Gasteiger partial charge in [0.05, 0.1) is 6.42 Å². The number of pyridine rings is 1. The summed E-state index contributed by atoms with van der Waals surface area (Å²) in [6.45, 7) is 3.70. The van der Waals surface area contributed by atoms with E-state index in [9.17, 15) is 4.79 Å². The molecule has 0 aliphatic rings. The lowest BCUT2D eigenvalue weighted by Gasteiger charge is -2.18. The van der Waals surface area contributed by atoms with Gasteiger partial charge in [0.1, 0.15) is 0 Å². The quantitative estimate of drug-likeness (QED) is 0.781. The molecule has 1 heterocycles. The van der Waals surface area contributed by atoms with Gasteiger partial charge in [-0.25, -0.2) is 0 Å². The molecule has 0 fully saturated rings. The van der Waals surface area contributed by atoms with Gasteiger partial charge in [-0.1, -0.05) is 6.07 Å². The molecule has 0 radical (unpaired) electrons. The van der Waals surface area contributed by atoms with Gasteiger partial charge in [0.25, 0.3) is 0 Å². The fourth-order valence-electron chi connectivity index (χ4n) is 1.49. The maximum atomic E-state index is 10.7. The monoisotopic (exact) mass is 208 g/mol. The zero-order valence-electron chi connectivity index (χ0n) is 8.97. The molecule has 4 nitrogen and oxygen atoms in total. The highest BCUT2D eigenvalue weighted by Gasteiger charge is 2.19. The fourth-order valence-corrected chi connectivity index (χ4v) is 1.49. The molecule has 0 aliphatic carbocycles. The van der Waals surface area contributed by atoms with Gasteiger partial charge in [-0.3, -0.25) is 9.78 Å². The van der Waals surface area contributed by atoms with E-state index < -0.39 is 5.97 Å². The first kappa shape index (κ1) is 11.7. The predicted octanol–water partition coefficient (Wildman–Crippen LogP) is 1.30. The van der Waals surface area contributed by atoms with Crippen LogP contribution in [0.15, 0.2) is 18.3 Å². The van der Waals surface area contributed by atoms with Crippen molar-refractivity contribution in [2.24, 2.45) is 5.73 Å². The number of rotatable bonds is 4. The van der Waals surface area contributed by atoms with Crippen molar-refractivity contribution >= 4 is 5.97 Å². The second-order valence-electron chi connectivity index (χ2n) is 3.80. The zero-order chi connectivity index (χ0) is 11.4. The Morgan fingerprint density at radius 1 is 1.60 bits per heavy atom. The summed E-state index contributed by atoms with van der Waals surface area (Å²) in [6, 6.07) is 3.57. The lowest BCUT2D eigenvalue weighted by atomic mass is 9.91. The second-order valence-corrected chi connectivity index (χ2v) is 3.80. The summed E-state index contributed by atoms with van der Waals surface area (Å²) >= 11 is 0. The number of aromatic nitrogens is 1. The largest absolute Gasteiger partial charge is 0.481 e. The number of hydrogen-bond acceptors (Lipinski definition) is 3. The Morgan fingerprint density at radius 3 is 2.67 bits per heavy atom. The Kier molecular flexibility index (Phi) is 3.80. The summed E-state index contributed by atoms with van der Waals surface area (Å²) in [5.74, 6) is -1.01. The van der Waals surface area contributed by atoms with E-state index in [2.05, 4.69) is 4.98 Å². The van der Waals surface area contributed by atoms with Crippen molar-refractivity contribution < 1.29 is 9.90 Å². The van der Waals surface area contributed by atoms with E-state index in [0.717, 1.165) is 11.3 Å². The van der Waals surface area contributed by atoms with Crippen molar-refractivity contribution in [3.63, 3.8) is 0 Å². The summed E-state index contributed by atoms with van der Waals surface area (Å²) in [7, 11) is 0. The Bertz CT molecular complexity index is 333. The van der Waals surface area contributed by atoms with E-state index in [-0.39, 0.29) is 18.4 Å². The number of carbonyl (C=O) groups is 1. The van der Waals surface area contributed by atoms with Gasteiger partial charge in [-0.2, -0.15) is 0 Å². The SMILES string of the molecule is Cc1ccc(C(CC(=O)O)C(C)N)cn1. The standard InChI is InChI=1S/C11H16N2O2/c1-7-3-4-9(6-13-7)10(8(2)12)5-11(14)15/h3-4,6,8,10H,5,12H2,1-2H3,(H,14,15). The third-order valence-electron chi connectivity index (χ3n) is 2.39. The molecule has 0 spiro atoms. The van der Waals surface area contributed by atoms with E-state index in [1.54, 1.807) is 6.20 Å². The van der Waals surface area contributed by atoms with E-state index in [0.29, 0.717) is 0 Å². The van der Waals surface area contributed by atoms with Crippen LogP contribution in [0, 0.1) is 6.92 Å². The third-order valence-corrected chi connectivity index (χ3v) is 2.39. The lowest BCUT2D eigenvalue weighted by Crippen LogP contribution is -2.27. The molecule has 0 saturated carbocycles. The van der Waals surface area contributed by atoms with Crippen LogP contribution in [0.3, 0.4) is 0 Å². The average molecular weight is 208 g/mol. The first-order valence-electron chi connectivity index (χ1n) is 4.90. The van der Waals surface area contributed by atoms with Crippen LogP contribution in [0.1, 0.15) is 30.5 Å². The minimum atomic E-state index is -0.835. The summed E-state index contributed by atoms with van der Waals surface area (Å²) in [5.41, 5.74) is 7.57. The number of aryl methyl sites for hydroxylation is 1. The third kappa shape index (κ3) is 3.32. The molecule has 0 saturated heterocycles. The topological polar surface area (TPSA) is 76.2 Å². The molecule has 4 heteroatoms. The number of carboxylic acids is 1. The minimum Gasteiger partial charge on any atom is -0.481 e. The smallest absolute Gasteiger partial charge is 0.304 e. The van der Waals surface area contributed by atoms with Crippen LogP contribution in [0.2, 0.25) is 0 Å². The molecule has 3 N–H and O–H groups in total. The van der Waals surface area contributed by atoms with Crippen molar-refractivity contribution in [3.8, 4) is 0 Å². The van der Waals surface area contributed by atoms with Gasteiger partial charge >= 0.3 is 5.97 Å². The van der Waals surface area contributed by atoms with Gasteiger partial charge in [-0.15, -0.1) is 0 Å². The molecular formula is C11H16N2O2. The van der Waals surface area contributed by atoms with E-state index in [1.807, 2.05) is 26.0 Å². The molecular weight excluding hydrogens is 192 g/mol. The number of hydrogen-bond donors (Lipinski definition) is 2.